The first-order chi connectivity index (χ1) is 16.5. The van der Waals surface area contributed by atoms with Crippen molar-refractivity contribution in [1.82, 2.24) is 14.5 Å². The number of aromatic nitrogens is 3. The normalized spacial score (nSPS) is 10.8. The quantitative estimate of drug-likeness (QED) is 0.224. The van der Waals surface area contributed by atoms with E-state index < -0.39 is 0 Å². The molecule has 0 spiro atoms. The molecule has 3 aromatic carbocycles. The molecule has 35 heavy (non-hydrogen) atoms. The average Bonchev–Trinajstić information content (AvgIpc) is 3.21. The number of hydrogen-bond donors (Lipinski definition) is 1. The Morgan fingerprint density at radius 2 is 1.74 bits per heavy atom. The summed E-state index contributed by atoms with van der Waals surface area (Å²) < 4.78 is 2.10. The number of nitriles is 1. The minimum absolute atomic E-state index is 0. The summed E-state index contributed by atoms with van der Waals surface area (Å²) in [6, 6.07) is 28.4. The molecule has 0 radical (unpaired) electrons. The van der Waals surface area contributed by atoms with Crippen LogP contribution in [0.1, 0.15) is 19.4 Å². The number of fused-ring (bicyclic) bond motifs is 1. The van der Waals surface area contributed by atoms with Crippen LogP contribution in [0.4, 0.5) is 0 Å². The van der Waals surface area contributed by atoms with Crippen LogP contribution in [0.2, 0.25) is 0 Å². The van der Waals surface area contributed by atoms with Gasteiger partial charge in [0.05, 0.1) is 22.7 Å². The van der Waals surface area contributed by atoms with Gasteiger partial charge in [0.15, 0.2) is 0 Å². The zero-order valence-corrected chi connectivity index (χ0v) is 21.6. The number of hydrogen-bond acceptors (Lipinski definition) is 4. The molecule has 0 bridgehead atoms. The summed E-state index contributed by atoms with van der Waals surface area (Å²) in [5, 5.41) is 20.4. The Bertz CT molecular complexity index is 1530. The molecule has 0 amide bonds. The SMILES string of the molecule is CC(C)Cn1c(-c2ccccc2O)nc2c(-c3[c-]c(-c4ccccn4)ccc3)cc(C#N)cc21.[Pt]. The maximum absolute atomic E-state index is 10.6. The van der Waals surface area contributed by atoms with Gasteiger partial charge in [-0.3, -0.25) is 4.98 Å². The van der Waals surface area contributed by atoms with Gasteiger partial charge in [-0.05, 0) is 30.2 Å². The molecule has 5 rings (SSSR count). The molecule has 2 heterocycles. The van der Waals surface area contributed by atoms with Crippen molar-refractivity contribution in [1.29, 1.82) is 5.26 Å². The zero-order valence-electron chi connectivity index (χ0n) is 19.3. The number of benzene rings is 3. The molecule has 0 aliphatic heterocycles. The molecule has 176 valence electrons. The minimum Gasteiger partial charge on any atom is -0.507 e. The second-order valence-electron chi connectivity index (χ2n) is 8.65. The molecule has 6 heteroatoms. The van der Waals surface area contributed by atoms with Crippen molar-refractivity contribution in [3.05, 3.63) is 90.6 Å². The van der Waals surface area contributed by atoms with Gasteiger partial charge < -0.3 is 9.67 Å². The number of imidazole rings is 1. The van der Waals surface area contributed by atoms with Crippen LogP contribution in [0.25, 0.3) is 44.8 Å². The van der Waals surface area contributed by atoms with Crippen molar-refractivity contribution < 1.29 is 26.2 Å². The molecule has 2 aromatic heterocycles. The fourth-order valence-corrected chi connectivity index (χ4v) is 4.21. The third-order valence-corrected chi connectivity index (χ3v) is 5.70. The Hall–Kier alpha value is -3.74. The third kappa shape index (κ3) is 4.76. The number of pyridine rings is 1. The molecule has 0 fully saturated rings. The molecule has 5 aromatic rings. The van der Waals surface area contributed by atoms with Crippen LogP contribution in [0.5, 0.6) is 5.75 Å². The van der Waals surface area contributed by atoms with Crippen LogP contribution >= 0.6 is 0 Å². The number of nitrogens with zero attached hydrogens (tertiary/aromatic N) is 4. The van der Waals surface area contributed by atoms with Gasteiger partial charge in [-0.2, -0.15) is 5.26 Å². The third-order valence-electron chi connectivity index (χ3n) is 5.70. The van der Waals surface area contributed by atoms with E-state index in [4.69, 9.17) is 4.98 Å². The Morgan fingerprint density at radius 1 is 0.971 bits per heavy atom. The monoisotopic (exact) mass is 638 g/mol. The standard InChI is InChI=1S/C29H23N4O.Pt/c1-19(2)18-33-26-15-20(17-30)14-24(28(26)32-29(33)23-10-3-4-12-27(23)34)21-8-7-9-22(16-21)25-11-5-6-13-31-25;/h3-15,19,34H,18H2,1-2H3;/q-1;. The molecule has 0 saturated carbocycles. The van der Waals surface area contributed by atoms with Crippen molar-refractivity contribution in [2.24, 2.45) is 5.92 Å². The van der Waals surface area contributed by atoms with Crippen LogP contribution < -0.4 is 0 Å². The molecule has 1 N–H and O–H groups in total. The van der Waals surface area contributed by atoms with Crippen molar-refractivity contribution in [3.8, 4) is 45.6 Å². The van der Waals surface area contributed by atoms with E-state index in [1.807, 2.05) is 60.7 Å². The number of aromatic hydroxyl groups is 1. The number of phenols is 1. The Morgan fingerprint density at radius 3 is 2.46 bits per heavy atom. The van der Waals surface area contributed by atoms with E-state index in [2.05, 4.69) is 35.5 Å². The van der Waals surface area contributed by atoms with Crippen molar-refractivity contribution in [2.75, 3.05) is 0 Å². The van der Waals surface area contributed by atoms with Gasteiger partial charge in [0.25, 0.3) is 0 Å². The largest absolute Gasteiger partial charge is 0.507 e. The van der Waals surface area contributed by atoms with Gasteiger partial charge in [0.1, 0.15) is 11.6 Å². The van der Waals surface area contributed by atoms with Gasteiger partial charge in [0, 0.05) is 45.1 Å². The summed E-state index contributed by atoms with van der Waals surface area (Å²) in [6.07, 6.45) is 1.76. The van der Waals surface area contributed by atoms with Gasteiger partial charge in [-0.25, -0.2) is 4.98 Å². The van der Waals surface area contributed by atoms with Gasteiger partial charge in [0.2, 0.25) is 0 Å². The van der Waals surface area contributed by atoms with Gasteiger partial charge >= 0.3 is 0 Å². The van der Waals surface area contributed by atoms with Gasteiger partial charge in [-0.1, -0.05) is 55.3 Å². The van der Waals surface area contributed by atoms with E-state index in [0.717, 1.165) is 33.4 Å². The van der Waals surface area contributed by atoms with E-state index in [-0.39, 0.29) is 26.8 Å². The fourth-order valence-electron chi connectivity index (χ4n) is 4.21. The van der Waals surface area contributed by atoms with Crippen molar-refractivity contribution in [3.63, 3.8) is 0 Å². The Balaban J connectivity index is 0.00000289. The molecular weight excluding hydrogens is 615 g/mol. The average molecular weight is 639 g/mol. The van der Waals surface area contributed by atoms with E-state index in [0.29, 0.717) is 29.4 Å². The molecule has 0 aliphatic rings. The Kier molecular flexibility index (Phi) is 7.14. The second-order valence-corrected chi connectivity index (χ2v) is 8.65. The van der Waals surface area contributed by atoms with Crippen LogP contribution in [-0.2, 0) is 27.6 Å². The maximum Gasteiger partial charge on any atom is 0.144 e. The molecule has 5 nitrogen and oxygen atoms in total. The van der Waals surface area contributed by atoms with Crippen LogP contribution in [0.3, 0.4) is 0 Å². The number of para-hydroxylation sites is 1. The Labute approximate surface area is 219 Å². The van der Waals surface area contributed by atoms with E-state index in [9.17, 15) is 10.4 Å². The first-order valence-corrected chi connectivity index (χ1v) is 11.2. The number of phenolic OH excluding ortho intramolecular Hbond substituents is 1. The smallest absolute Gasteiger partial charge is 0.144 e. The van der Waals surface area contributed by atoms with E-state index in [1.165, 1.54) is 0 Å². The summed E-state index contributed by atoms with van der Waals surface area (Å²) in [6.45, 7) is 4.98. The maximum atomic E-state index is 10.6. The molecule has 0 aliphatic carbocycles. The molecule has 0 atom stereocenters. The second kappa shape index (κ2) is 10.3. The van der Waals surface area contributed by atoms with Crippen LogP contribution in [0.15, 0.2) is 79.0 Å². The van der Waals surface area contributed by atoms with Crippen LogP contribution in [0, 0.1) is 23.3 Å². The number of rotatable bonds is 5. The molecule has 0 saturated heterocycles. The summed E-state index contributed by atoms with van der Waals surface area (Å²) in [4.78, 5) is 9.46. The topological polar surface area (TPSA) is 74.7 Å². The van der Waals surface area contributed by atoms with Gasteiger partial charge in [-0.15, -0.1) is 29.8 Å². The first kappa shape index (κ1) is 24.4. The molecule has 0 unspecified atom stereocenters. The zero-order chi connectivity index (χ0) is 23.7. The predicted molar refractivity (Wildman–Crippen MR) is 134 cm³/mol. The summed E-state index contributed by atoms with van der Waals surface area (Å²) in [5.41, 5.74) is 6.20. The summed E-state index contributed by atoms with van der Waals surface area (Å²) >= 11 is 0. The van der Waals surface area contributed by atoms with E-state index in [1.54, 1.807) is 18.3 Å². The molecular formula is C29H23N4OPt-. The first-order valence-electron chi connectivity index (χ1n) is 11.2. The predicted octanol–water partition coefficient (Wildman–Crippen LogP) is 6.46. The van der Waals surface area contributed by atoms with Crippen molar-refractivity contribution >= 4 is 11.0 Å². The fraction of sp³-hybridized carbons (Fsp3) is 0.138. The summed E-state index contributed by atoms with van der Waals surface area (Å²) in [7, 11) is 0. The van der Waals surface area contributed by atoms with Crippen molar-refractivity contribution in [2.45, 2.75) is 20.4 Å². The van der Waals surface area contributed by atoms with E-state index >= 15 is 0 Å². The summed E-state index contributed by atoms with van der Waals surface area (Å²) in [5.74, 6) is 1.20. The van der Waals surface area contributed by atoms with Crippen LogP contribution in [-0.4, -0.2) is 19.6 Å². The minimum atomic E-state index is 0.